The normalized spacial score (nSPS) is 17.6. The predicted octanol–water partition coefficient (Wildman–Crippen LogP) is 1.22. The average molecular weight is 286 g/mol. The Labute approximate surface area is 117 Å². The Balaban J connectivity index is 1.88. The molecule has 0 unspecified atom stereocenters. The number of carbonyl (C=O) groups is 1. The lowest BCUT2D eigenvalue weighted by Gasteiger charge is -2.36. The summed E-state index contributed by atoms with van der Waals surface area (Å²) in [5, 5.41) is 3.99. The molecule has 1 aliphatic heterocycles. The maximum atomic E-state index is 12.3. The first-order chi connectivity index (χ1) is 9.47. The van der Waals surface area contributed by atoms with E-state index in [2.05, 4.69) is 5.10 Å². The van der Waals surface area contributed by atoms with Gasteiger partial charge in [0.05, 0.1) is 18.3 Å². The van der Waals surface area contributed by atoms with Crippen molar-refractivity contribution in [3.05, 3.63) is 18.0 Å². The molecule has 0 atom stereocenters. The van der Waals surface area contributed by atoms with Gasteiger partial charge in [0.25, 0.3) is 12.3 Å². The second-order valence-electron chi connectivity index (χ2n) is 5.24. The van der Waals surface area contributed by atoms with Crippen molar-refractivity contribution in [2.24, 2.45) is 7.05 Å². The minimum atomic E-state index is -2.29. The third-order valence-electron chi connectivity index (χ3n) is 3.77. The standard InChI is InChI=1S/C13H20F2N4O/c1-17-8-10(7-16-17)13(20)18(2)11-3-5-19(6-4-11)9-12(14)15/h7-8,11-12H,3-6,9H2,1-2H3. The van der Waals surface area contributed by atoms with Crippen LogP contribution in [-0.2, 0) is 7.05 Å². The van der Waals surface area contributed by atoms with Crippen LogP contribution in [0.3, 0.4) is 0 Å². The van der Waals surface area contributed by atoms with Crippen LogP contribution in [0.15, 0.2) is 12.4 Å². The van der Waals surface area contributed by atoms with Crippen LogP contribution in [0.2, 0.25) is 0 Å². The molecule has 1 aliphatic rings. The molecule has 0 spiro atoms. The van der Waals surface area contributed by atoms with Gasteiger partial charge in [0.1, 0.15) is 0 Å². The number of carbonyl (C=O) groups excluding carboxylic acids is 1. The van der Waals surface area contributed by atoms with Gasteiger partial charge >= 0.3 is 0 Å². The maximum Gasteiger partial charge on any atom is 0.257 e. The van der Waals surface area contributed by atoms with E-state index in [0.717, 1.165) is 12.8 Å². The molecule has 1 fully saturated rings. The van der Waals surface area contributed by atoms with Gasteiger partial charge in [0, 0.05) is 39.4 Å². The first kappa shape index (κ1) is 14.9. The molecule has 7 heteroatoms. The van der Waals surface area contributed by atoms with Crippen LogP contribution in [0, 0.1) is 0 Å². The summed E-state index contributed by atoms with van der Waals surface area (Å²) >= 11 is 0. The lowest BCUT2D eigenvalue weighted by molar-refractivity contribution is 0.0486. The molecule has 5 nitrogen and oxygen atoms in total. The zero-order valence-corrected chi connectivity index (χ0v) is 11.8. The summed E-state index contributed by atoms with van der Waals surface area (Å²) in [6.45, 7) is 1.05. The molecular formula is C13H20F2N4O. The Kier molecular flexibility index (Phi) is 4.69. The van der Waals surface area contributed by atoms with Crippen LogP contribution in [0.25, 0.3) is 0 Å². The fourth-order valence-corrected chi connectivity index (χ4v) is 2.59. The van der Waals surface area contributed by atoms with Gasteiger partial charge in [0.2, 0.25) is 0 Å². The quantitative estimate of drug-likeness (QED) is 0.836. The molecule has 0 saturated carbocycles. The zero-order valence-electron chi connectivity index (χ0n) is 11.8. The smallest absolute Gasteiger partial charge is 0.257 e. The highest BCUT2D eigenvalue weighted by Crippen LogP contribution is 2.18. The molecule has 0 radical (unpaired) electrons. The number of amides is 1. The molecule has 0 aromatic carbocycles. The highest BCUT2D eigenvalue weighted by Gasteiger charge is 2.27. The number of hydrogen-bond donors (Lipinski definition) is 0. The van der Waals surface area contributed by atoms with Crippen LogP contribution in [0.5, 0.6) is 0 Å². The fraction of sp³-hybridized carbons (Fsp3) is 0.692. The van der Waals surface area contributed by atoms with E-state index in [1.54, 1.807) is 41.0 Å². The summed E-state index contributed by atoms with van der Waals surface area (Å²) in [7, 11) is 3.53. The van der Waals surface area contributed by atoms with Gasteiger partial charge in [-0.2, -0.15) is 5.10 Å². The number of halogens is 2. The Morgan fingerprint density at radius 1 is 1.50 bits per heavy atom. The van der Waals surface area contributed by atoms with Crippen molar-refractivity contribution >= 4 is 5.91 Å². The van der Waals surface area contributed by atoms with Crippen molar-refractivity contribution in [2.45, 2.75) is 25.3 Å². The molecule has 1 saturated heterocycles. The lowest BCUT2D eigenvalue weighted by Crippen LogP contribution is -2.46. The summed E-state index contributed by atoms with van der Waals surface area (Å²) in [6, 6.07) is 0.108. The summed E-state index contributed by atoms with van der Waals surface area (Å²) in [5.41, 5.74) is 0.560. The lowest BCUT2D eigenvalue weighted by atomic mass is 10.0. The van der Waals surface area contributed by atoms with Crippen LogP contribution < -0.4 is 0 Å². The number of likely N-dealkylation sites (tertiary alicyclic amines) is 1. The van der Waals surface area contributed by atoms with Crippen molar-refractivity contribution in [1.29, 1.82) is 0 Å². The van der Waals surface area contributed by atoms with Crippen molar-refractivity contribution in [1.82, 2.24) is 19.6 Å². The second kappa shape index (κ2) is 6.30. The topological polar surface area (TPSA) is 41.4 Å². The number of aromatic nitrogens is 2. The molecular weight excluding hydrogens is 266 g/mol. The van der Waals surface area contributed by atoms with Gasteiger partial charge in [-0.15, -0.1) is 0 Å². The molecule has 0 bridgehead atoms. The Hall–Kier alpha value is -1.50. The Morgan fingerprint density at radius 3 is 2.65 bits per heavy atom. The van der Waals surface area contributed by atoms with Gasteiger partial charge in [0.15, 0.2) is 0 Å². The predicted molar refractivity (Wildman–Crippen MR) is 70.8 cm³/mol. The third kappa shape index (κ3) is 3.53. The highest BCUT2D eigenvalue weighted by molar-refractivity contribution is 5.93. The van der Waals surface area contributed by atoms with Gasteiger partial charge in [-0.1, -0.05) is 0 Å². The largest absolute Gasteiger partial charge is 0.339 e. The van der Waals surface area contributed by atoms with Gasteiger partial charge < -0.3 is 4.90 Å². The number of alkyl halides is 2. The molecule has 2 rings (SSSR count). The number of rotatable bonds is 4. The van der Waals surface area contributed by atoms with Crippen LogP contribution in [0.4, 0.5) is 8.78 Å². The molecule has 0 aliphatic carbocycles. The molecule has 2 heterocycles. The van der Waals surface area contributed by atoms with Crippen molar-refractivity contribution in [2.75, 3.05) is 26.7 Å². The summed E-state index contributed by atoms with van der Waals surface area (Å²) < 4.78 is 26.2. The first-order valence-electron chi connectivity index (χ1n) is 6.73. The SMILES string of the molecule is CN(C(=O)c1cnn(C)c1)C1CCN(CC(F)F)CC1. The molecule has 112 valence electrons. The minimum absolute atomic E-state index is 0.0644. The van der Waals surface area contributed by atoms with E-state index >= 15 is 0 Å². The van der Waals surface area contributed by atoms with E-state index in [9.17, 15) is 13.6 Å². The molecule has 1 aromatic heterocycles. The first-order valence-corrected chi connectivity index (χ1v) is 6.73. The summed E-state index contributed by atoms with van der Waals surface area (Å²) in [5.74, 6) is -0.0644. The van der Waals surface area contributed by atoms with E-state index in [1.165, 1.54) is 0 Å². The van der Waals surface area contributed by atoms with Gasteiger partial charge in [-0.25, -0.2) is 8.78 Å². The molecule has 0 N–H and O–H groups in total. The second-order valence-corrected chi connectivity index (χ2v) is 5.24. The molecule has 1 aromatic rings. The maximum absolute atomic E-state index is 12.3. The van der Waals surface area contributed by atoms with Crippen LogP contribution >= 0.6 is 0 Å². The number of hydrogen-bond acceptors (Lipinski definition) is 3. The van der Waals surface area contributed by atoms with E-state index in [4.69, 9.17) is 0 Å². The molecule has 1 amide bonds. The van der Waals surface area contributed by atoms with Crippen LogP contribution in [-0.4, -0.2) is 64.6 Å². The summed E-state index contributed by atoms with van der Waals surface area (Å²) in [4.78, 5) is 15.7. The Morgan fingerprint density at radius 2 is 2.15 bits per heavy atom. The number of nitrogens with zero attached hydrogens (tertiary/aromatic N) is 4. The highest BCUT2D eigenvalue weighted by atomic mass is 19.3. The van der Waals surface area contributed by atoms with Crippen molar-refractivity contribution in [3.63, 3.8) is 0 Å². The third-order valence-corrected chi connectivity index (χ3v) is 3.77. The average Bonchev–Trinajstić information content (AvgIpc) is 2.84. The van der Waals surface area contributed by atoms with Crippen molar-refractivity contribution in [3.8, 4) is 0 Å². The van der Waals surface area contributed by atoms with E-state index in [-0.39, 0.29) is 18.5 Å². The zero-order chi connectivity index (χ0) is 14.7. The Bertz CT molecular complexity index is 455. The van der Waals surface area contributed by atoms with E-state index in [1.807, 2.05) is 0 Å². The van der Waals surface area contributed by atoms with Crippen molar-refractivity contribution < 1.29 is 13.6 Å². The monoisotopic (exact) mass is 286 g/mol. The van der Waals surface area contributed by atoms with E-state index < -0.39 is 6.43 Å². The number of aryl methyl sites for hydroxylation is 1. The van der Waals surface area contributed by atoms with E-state index in [0.29, 0.717) is 18.7 Å². The molecule has 20 heavy (non-hydrogen) atoms. The summed E-state index contributed by atoms with van der Waals surface area (Å²) in [6.07, 6.45) is 2.40. The number of piperidine rings is 1. The van der Waals surface area contributed by atoms with Gasteiger partial charge in [-0.05, 0) is 12.8 Å². The van der Waals surface area contributed by atoms with Crippen LogP contribution in [0.1, 0.15) is 23.2 Å². The van der Waals surface area contributed by atoms with Gasteiger partial charge in [-0.3, -0.25) is 14.4 Å². The minimum Gasteiger partial charge on any atom is -0.339 e. The fourth-order valence-electron chi connectivity index (χ4n) is 2.59.